The molecule has 0 spiro atoms. The van der Waals surface area contributed by atoms with Crippen molar-refractivity contribution in [2.45, 2.75) is 66.0 Å². The molecule has 0 bridgehead atoms. The van der Waals surface area contributed by atoms with E-state index in [0.29, 0.717) is 11.2 Å². The van der Waals surface area contributed by atoms with E-state index in [9.17, 15) is 0 Å². The molecule has 0 amide bonds. The number of aromatic nitrogens is 3. The lowest BCUT2D eigenvalue weighted by molar-refractivity contribution is 0.250. The van der Waals surface area contributed by atoms with Crippen molar-refractivity contribution in [1.82, 2.24) is 25.2 Å². The topological polar surface area (TPSA) is 59.1 Å². The van der Waals surface area contributed by atoms with Gasteiger partial charge in [0, 0.05) is 37.3 Å². The molecule has 1 aliphatic rings. The predicted molar refractivity (Wildman–Crippen MR) is 114 cm³/mol. The third-order valence-corrected chi connectivity index (χ3v) is 6.22. The first-order valence-electron chi connectivity index (χ1n) is 10.5. The van der Waals surface area contributed by atoms with Gasteiger partial charge in [0.05, 0.1) is 0 Å². The van der Waals surface area contributed by atoms with E-state index in [0.717, 1.165) is 60.4 Å². The number of rotatable bonds is 7. The van der Waals surface area contributed by atoms with Gasteiger partial charge in [0.2, 0.25) is 0 Å². The molecule has 1 saturated heterocycles. The fourth-order valence-electron chi connectivity index (χ4n) is 3.85. The van der Waals surface area contributed by atoms with Crippen LogP contribution >= 0.6 is 11.6 Å². The summed E-state index contributed by atoms with van der Waals surface area (Å²) in [5, 5.41) is 13.3. The molecule has 0 aromatic carbocycles. The van der Waals surface area contributed by atoms with Gasteiger partial charge < -0.3 is 9.84 Å². The molecule has 156 valence electrons. The highest BCUT2D eigenvalue weighted by Crippen LogP contribution is 2.32. The summed E-state index contributed by atoms with van der Waals surface area (Å²) in [6.45, 7) is 12.5. The van der Waals surface area contributed by atoms with E-state index in [1.807, 2.05) is 20.9 Å². The van der Waals surface area contributed by atoms with Gasteiger partial charge in [-0.25, -0.2) is 0 Å². The van der Waals surface area contributed by atoms with Crippen LogP contribution in [0.15, 0.2) is 4.52 Å². The summed E-state index contributed by atoms with van der Waals surface area (Å²) in [6.07, 6.45) is 4.95. The van der Waals surface area contributed by atoms with E-state index in [4.69, 9.17) is 16.1 Å². The van der Waals surface area contributed by atoms with Gasteiger partial charge in [0.15, 0.2) is 0 Å². The number of likely N-dealkylation sites (tertiary alicyclic amines) is 1. The third-order valence-electron chi connectivity index (χ3n) is 5.74. The maximum Gasteiger partial charge on any atom is 0.137 e. The van der Waals surface area contributed by atoms with Gasteiger partial charge in [-0.05, 0) is 52.1 Å². The van der Waals surface area contributed by atoms with Crippen molar-refractivity contribution >= 4 is 11.6 Å². The quantitative estimate of drug-likeness (QED) is 0.739. The summed E-state index contributed by atoms with van der Waals surface area (Å²) < 4.78 is 7.12. The molecule has 1 unspecified atom stereocenters. The monoisotopic (exact) mass is 407 g/mol. The van der Waals surface area contributed by atoms with Crippen LogP contribution in [0.25, 0.3) is 11.4 Å². The van der Waals surface area contributed by atoms with Crippen LogP contribution in [0.1, 0.15) is 56.4 Å². The summed E-state index contributed by atoms with van der Waals surface area (Å²) in [5.74, 6) is 1.56. The predicted octanol–water partition coefficient (Wildman–Crippen LogP) is 4.34. The highest BCUT2D eigenvalue weighted by molar-refractivity contribution is 6.30. The number of aryl methyl sites for hydroxylation is 2. The Morgan fingerprint density at radius 1 is 1.25 bits per heavy atom. The van der Waals surface area contributed by atoms with E-state index in [2.05, 4.69) is 34.3 Å². The van der Waals surface area contributed by atoms with Crippen LogP contribution in [0, 0.1) is 19.8 Å². The highest BCUT2D eigenvalue weighted by Gasteiger charge is 2.25. The summed E-state index contributed by atoms with van der Waals surface area (Å²) in [4.78, 5) is 2.51. The van der Waals surface area contributed by atoms with E-state index in [1.165, 1.54) is 25.7 Å². The van der Waals surface area contributed by atoms with Crippen LogP contribution in [-0.4, -0.2) is 45.5 Å². The van der Waals surface area contributed by atoms with E-state index in [1.54, 1.807) is 4.68 Å². The molecule has 28 heavy (non-hydrogen) atoms. The number of nitrogens with one attached hydrogen (secondary N) is 1. The zero-order chi connectivity index (χ0) is 20.3. The second kappa shape index (κ2) is 9.42. The van der Waals surface area contributed by atoms with Crippen molar-refractivity contribution in [2.24, 2.45) is 13.0 Å². The molecule has 1 aliphatic heterocycles. The van der Waals surface area contributed by atoms with Crippen molar-refractivity contribution in [3.05, 3.63) is 22.0 Å². The van der Waals surface area contributed by atoms with Gasteiger partial charge in [-0.15, -0.1) is 0 Å². The zero-order valence-corrected chi connectivity index (χ0v) is 18.6. The standard InChI is InChI=1S/C21H34ClN5O/c1-14(2)9-10-23-17-8-6-7-11-27(12-17)13-18-20(24-26(5)21(18)22)19-15(3)16(4)28-25-19/h14,17,23H,6-13H2,1-5H3. The lowest BCUT2D eigenvalue weighted by atomic mass is 10.1. The smallest absolute Gasteiger partial charge is 0.137 e. The Bertz CT molecular complexity index is 782. The van der Waals surface area contributed by atoms with Gasteiger partial charge in [-0.2, -0.15) is 5.10 Å². The van der Waals surface area contributed by atoms with Crippen molar-refractivity contribution in [3.63, 3.8) is 0 Å². The number of hydrogen-bond donors (Lipinski definition) is 1. The Morgan fingerprint density at radius 3 is 2.71 bits per heavy atom. The van der Waals surface area contributed by atoms with Crippen LogP contribution in [0.5, 0.6) is 0 Å². The molecule has 7 heteroatoms. The minimum atomic E-state index is 0.538. The van der Waals surface area contributed by atoms with Crippen LogP contribution in [0.3, 0.4) is 0 Å². The van der Waals surface area contributed by atoms with Gasteiger partial charge in [0.25, 0.3) is 0 Å². The second-order valence-electron chi connectivity index (χ2n) is 8.52. The fourth-order valence-corrected chi connectivity index (χ4v) is 4.03. The molecule has 0 aliphatic carbocycles. The lowest BCUT2D eigenvalue weighted by Gasteiger charge is -2.25. The molecule has 3 rings (SSSR count). The number of nitrogens with zero attached hydrogens (tertiary/aromatic N) is 4. The number of halogens is 1. The molecule has 2 aromatic heterocycles. The molecule has 1 fully saturated rings. The van der Waals surface area contributed by atoms with Gasteiger partial charge in [-0.3, -0.25) is 9.58 Å². The molecule has 1 N–H and O–H groups in total. The van der Waals surface area contributed by atoms with E-state index < -0.39 is 0 Å². The normalized spacial score (nSPS) is 18.8. The lowest BCUT2D eigenvalue weighted by Crippen LogP contribution is -2.40. The van der Waals surface area contributed by atoms with E-state index in [-0.39, 0.29) is 0 Å². The Morgan fingerprint density at radius 2 is 2.04 bits per heavy atom. The Hall–Kier alpha value is -1.37. The molecule has 0 saturated carbocycles. The SMILES string of the molecule is Cc1onc(-c2nn(C)c(Cl)c2CN2CCCCC(NCCC(C)C)C2)c1C. The molecule has 2 aromatic rings. The summed E-state index contributed by atoms with van der Waals surface area (Å²) >= 11 is 6.64. The Kier molecular flexibility index (Phi) is 7.18. The average molecular weight is 408 g/mol. The summed E-state index contributed by atoms with van der Waals surface area (Å²) in [6, 6.07) is 0.538. The first-order valence-corrected chi connectivity index (χ1v) is 10.8. The largest absolute Gasteiger partial charge is 0.361 e. The van der Waals surface area contributed by atoms with Crippen LogP contribution < -0.4 is 5.32 Å². The van der Waals surface area contributed by atoms with Crippen molar-refractivity contribution < 1.29 is 4.52 Å². The molecular formula is C21H34ClN5O. The fraction of sp³-hybridized carbons (Fsp3) is 0.714. The van der Waals surface area contributed by atoms with Crippen LogP contribution in [-0.2, 0) is 13.6 Å². The summed E-state index contributed by atoms with van der Waals surface area (Å²) in [7, 11) is 1.89. The van der Waals surface area contributed by atoms with E-state index >= 15 is 0 Å². The molecule has 0 radical (unpaired) electrons. The maximum absolute atomic E-state index is 6.64. The first-order chi connectivity index (χ1) is 13.4. The number of hydrogen-bond acceptors (Lipinski definition) is 5. The average Bonchev–Trinajstić information content (AvgIpc) is 3.00. The van der Waals surface area contributed by atoms with Gasteiger partial charge in [0.1, 0.15) is 22.3 Å². The minimum absolute atomic E-state index is 0.538. The Balaban J connectivity index is 1.76. The zero-order valence-electron chi connectivity index (χ0n) is 17.9. The first kappa shape index (κ1) is 21.3. The summed E-state index contributed by atoms with van der Waals surface area (Å²) in [5.41, 5.74) is 3.72. The third kappa shape index (κ3) is 4.97. The Labute approximate surface area is 173 Å². The molecule has 3 heterocycles. The molecule has 1 atom stereocenters. The maximum atomic E-state index is 6.64. The van der Waals surface area contributed by atoms with Gasteiger partial charge >= 0.3 is 0 Å². The van der Waals surface area contributed by atoms with Crippen LogP contribution in [0.2, 0.25) is 5.15 Å². The minimum Gasteiger partial charge on any atom is -0.361 e. The van der Waals surface area contributed by atoms with Crippen molar-refractivity contribution in [3.8, 4) is 11.4 Å². The van der Waals surface area contributed by atoms with Crippen LogP contribution in [0.4, 0.5) is 0 Å². The second-order valence-corrected chi connectivity index (χ2v) is 8.88. The van der Waals surface area contributed by atoms with Crippen molar-refractivity contribution in [2.75, 3.05) is 19.6 Å². The molecular weight excluding hydrogens is 374 g/mol. The van der Waals surface area contributed by atoms with Gasteiger partial charge in [-0.1, -0.05) is 37.0 Å². The highest BCUT2D eigenvalue weighted by atomic mass is 35.5. The molecule has 6 nitrogen and oxygen atoms in total. The van der Waals surface area contributed by atoms with Crippen molar-refractivity contribution in [1.29, 1.82) is 0 Å².